The maximum absolute atomic E-state index is 13.3. The molecule has 10 heteroatoms. The van der Waals surface area contributed by atoms with Crippen LogP contribution >= 0.6 is 0 Å². The molecule has 0 atom stereocenters. The molecule has 10 nitrogen and oxygen atoms in total. The van der Waals surface area contributed by atoms with Crippen LogP contribution in [0, 0.1) is 0 Å². The molecule has 0 saturated carbocycles. The predicted octanol–water partition coefficient (Wildman–Crippen LogP) is 1.56. The molecule has 0 saturated heterocycles. The van der Waals surface area contributed by atoms with Gasteiger partial charge >= 0.3 is 11.4 Å². The number of nitrogens with zero attached hydrogens (tertiary/aromatic N) is 4. The molecule has 2 aromatic heterocycles. The topological polar surface area (TPSA) is 112 Å². The Morgan fingerprint density at radius 3 is 1.23 bits per heavy atom. The summed E-state index contributed by atoms with van der Waals surface area (Å²) in [5.74, 6) is 0.539. The number of benzene rings is 2. The summed E-state index contributed by atoms with van der Waals surface area (Å²) >= 11 is 0. The maximum atomic E-state index is 13.3. The van der Waals surface area contributed by atoms with Crippen LogP contribution in [0.5, 0.6) is 0 Å². The average molecular weight is 475 g/mol. The van der Waals surface area contributed by atoms with E-state index in [2.05, 4.69) is 10.6 Å². The molecule has 0 amide bonds. The van der Waals surface area contributed by atoms with Crippen molar-refractivity contribution in [3.8, 4) is 0 Å². The fourth-order valence-corrected chi connectivity index (χ4v) is 3.96. The number of aromatic nitrogens is 4. The Hall–Kier alpha value is -4.60. The third-order valence-electron chi connectivity index (χ3n) is 5.94. The highest BCUT2D eigenvalue weighted by molar-refractivity contribution is 5.63. The van der Waals surface area contributed by atoms with E-state index in [0.717, 1.165) is 9.13 Å². The zero-order chi connectivity index (χ0) is 25.3. The molecule has 2 heterocycles. The van der Waals surface area contributed by atoms with E-state index < -0.39 is 22.5 Å². The minimum Gasteiger partial charge on any atom is -0.341 e. The zero-order valence-corrected chi connectivity index (χ0v) is 19.9. The summed E-state index contributed by atoms with van der Waals surface area (Å²) in [4.78, 5) is 52.0. The van der Waals surface area contributed by atoms with Crippen molar-refractivity contribution in [1.29, 1.82) is 0 Å². The minimum absolute atomic E-state index is 0.119. The Balaban J connectivity index is 1.95. The highest BCUT2D eigenvalue weighted by atomic mass is 16.2. The number of nitrogens with one attached hydrogen (secondary N) is 2. The van der Waals surface area contributed by atoms with Crippen LogP contribution in [-0.4, -0.2) is 18.3 Å². The Morgan fingerprint density at radius 2 is 0.886 bits per heavy atom. The summed E-state index contributed by atoms with van der Waals surface area (Å²) in [6.45, 7) is 0. The lowest BCUT2D eigenvalue weighted by Crippen LogP contribution is -2.42. The van der Waals surface area contributed by atoms with E-state index in [1.807, 2.05) is 36.4 Å². The lowest BCUT2D eigenvalue weighted by molar-refractivity contribution is 0.666. The van der Waals surface area contributed by atoms with Gasteiger partial charge < -0.3 is 10.6 Å². The van der Waals surface area contributed by atoms with Crippen LogP contribution in [0.2, 0.25) is 0 Å². The molecule has 0 aliphatic rings. The maximum Gasteiger partial charge on any atom is 0.332 e. The van der Waals surface area contributed by atoms with Crippen molar-refractivity contribution in [3.05, 3.63) is 113 Å². The molecule has 0 fully saturated rings. The Bertz CT molecular complexity index is 1510. The van der Waals surface area contributed by atoms with E-state index in [0.29, 0.717) is 11.4 Å². The van der Waals surface area contributed by atoms with Gasteiger partial charge in [-0.25, -0.2) is 9.59 Å². The lowest BCUT2D eigenvalue weighted by atomic mass is 10.1. The van der Waals surface area contributed by atoms with Crippen LogP contribution in [0.15, 0.2) is 79.8 Å². The largest absolute Gasteiger partial charge is 0.341 e. The van der Waals surface area contributed by atoms with Crippen molar-refractivity contribution in [2.75, 3.05) is 10.6 Å². The molecule has 0 radical (unpaired) electrons. The number of rotatable bonds is 6. The highest BCUT2D eigenvalue weighted by Crippen LogP contribution is 2.23. The van der Waals surface area contributed by atoms with Gasteiger partial charge in [-0.05, 0) is 24.3 Å². The van der Waals surface area contributed by atoms with E-state index in [-0.39, 0.29) is 29.2 Å². The van der Waals surface area contributed by atoms with E-state index in [9.17, 15) is 19.2 Å². The van der Waals surface area contributed by atoms with Crippen molar-refractivity contribution < 1.29 is 0 Å². The van der Waals surface area contributed by atoms with Crippen LogP contribution < -0.4 is 33.1 Å². The average Bonchev–Trinajstić information content (AvgIpc) is 2.88. The zero-order valence-electron chi connectivity index (χ0n) is 19.9. The summed E-state index contributed by atoms with van der Waals surface area (Å²) < 4.78 is 4.67. The van der Waals surface area contributed by atoms with Gasteiger partial charge in [0.05, 0.1) is 11.1 Å². The Morgan fingerprint density at radius 1 is 0.543 bits per heavy atom. The van der Waals surface area contributed by atoms with Gasteiger partial charge in [0.25, 0.3) is 11.1 Å². The van der Waals surface area contributed by atoms with Gasteiger partial charge in [0.15, 0.2) is 0 Å². The lowest BCUT2D eigenvalue weighted by Gasteiger charge is -2.20. The first-order chi connectivity index (χ1) is 16.7. The second-order valence-corrected chi connectivity index (χ2v) is 8.22. The number of anilines is 4. The van der Waals surface area contributed by atoms with Crippen LogP contribution in [0.25, 0.3) is 0 Å². The molecule has 0 unspecified atom stereocenters. The number of hydrogen-bond donors (Lipinski definition) is 2. The van der Waals surface area contributed by atoms with Crippen LogP contribution in [0.1, 0.15) is 11.1 Å². The van der Waals surface area contributed by atoms with Gasteiger partial charge in [0, 0.05) is 46.0 Å². The molecular formula is C25H26N6O4. The smallest absolute Gasteiger partial charge is 0.332 e. The number of hydrogen-bond acceptors (Lipinski definition) is 6. The molecule has 4 rings (SSSR count). The van der Waals surface area contributed by atoms with Crippen molar-refractivity contribution >= 4 is 23.0 Å². The van der Waals surface area contributed by atoms with E-state index >= 15 is 0 Å². The third-order valence-corrected chi connectivity index (χ3v) is 5.94. The Kier molecular flexibility index (Phi) is 6.28. The molecule has 180 valence electrons. The molecule has 35 heavy (non-hydrogen) atoms. The minimum atomic E-state index is -0.534. The summed E-state index contributed by atoms with van der Waals surface area (Å²) in [5, 5.41) is 6.30. The van der Waals surface area contributed by atoms with Crippen molar-refractivity contribution in [2.24, 2.45) is 28.2 Å². The molecule has 0 aliphatic carbocycles. The molecule has 0 bridgehead atoms. The van der Waals surface area contributed by atoms with Crippen LogP contribution in [-0.2, 0) is 34.6 Å². The molecule has 2 aromatic carbocycles. The molecule has 4 aromatic rings. The molecule has 0 spiro atoms. The fraction of sp³-hybridized carbons (Fsp3) is 0.200. The molecule has 0 aliphatic heterocycles. The first-order valence-corrected chi connectivity index (χ1v) is 10.9. The quantitative estimate of drug-likeness (QED) is 0.439. The standard InChI is InChI=1S/C25H26N6O4/c1-28-20(26-16-11-7-5-8-12-16)18(22(32)30(3)24(28)34)15-19-21(27-17-13-9-6-10-14-17)29(2)25(35)31(4)23(19)33/h5-14,26-27H,15H2,1-4H3. The van der Waals surface area contributed by atoms with Crippen LogP contribution in [0.4, 0.5) is 23.0 Å². The monoisotopic (exact) mass is 474 g/mol. The molecular weight excluding hydrogens is 448 g/mol. The second-order valence-electron chi connectivity index (χ2n) is 8.22. The summed E-state index contributed by atoms with van der Waals surface area (Å²) in [5.41, 5.74) is -0.306. The fourth-order valence-electron chi connectivity index (χ4n) is 3.96. The van der Waals surface area contributed by atoms with E-state index in [1.165, 1.54) is 23.2 Å². The first kappa shape index (κ1) is 23.6. The van der Waals surface area contributed by atoms with Gasteiger partial charge in [-0.15, -0.1) is 0 Å². The van der Waals surface area contributed by atoms with Crippen LogP contribution in [0.3, 0.4) is 0 Å². The Labute approximate surface area is 200 Å². The SMILES string of the molecule is Cn1c(Nc2ccccc2)c(Cc2c(Nc3ccccc3)n(C)c(=O)n(C)c2=O)c(=O)n(C)c1=O. The second kappa shape index (κ2) is 9.34. The number of para-hydroxylation sites is 2. The van der Waals surface area contributed by atoms with Gasteiger partial charge in [-0.1, -0.05) is 36.4 Å². The van der Waals surface area contributed by atoms with Gasteiger partial charge in [-0.3, -0.25) is 27.9 Å². The van der Waals surface area contributed by atoms with E-state index in [1.54, 1.807) is 38.4 Å². The highest BCUT2D eigenvalue weighted by Gasteiger charge is 2.22. The van der Waals surface area contributed by atoms with Crippen molar-refractivity contribution in [3.63, 3.8) is 0 Å². The third kappa shape index (κ3) is 4.33. The first-order valence-electron chi connectivity index (χ1n) is 10.9. The van der Waals surface area contributed by atoms with Gasteiger partial charge in [-0.2, -0.15) is 0 Å². The van der Waals surface area contributed by atoms with Crippen molar-refractivity contribution in [2.45, 2.75) is 6.42 Å². The van der Waals surface area contributed by atoms with Gasteiger partial charge in [0.2, 0.25) is 0 Å². The normalized spacial score (nSPS) is 10.9. The van der Waals surface area contributed by atoms with Crippen molar-refractivity contribution in [1.82, 2.24) is 18.3 Å². The predicted molar refractivity (Wildman–Crippen MR) is 136 cm³/mol. The van der Waals surface area contributed by atoms with E-state index in [4.69, 9.17) is 0 Å². The summed E-state index contributed by atoms with van der Waals surface area (Å²) in [6.07, 6.45) is -0.119. The summed E-state index contributed by atoms with van der Waals surface area (Å²) in [6, 6.07) is 18.2. The summed E-state index contributed by atoms with van der Waals surface area (Å²) in [7, 11) is 5.89. The molecule has 2 N–H and O–H groups in total. The van der Waals surface area contributed by atoms with Gasteiger partial charge in [0.1, 0.15) is 11.6 Å².